The van der Waals surface area contributed by atoms with E-state index in [1.54, 1.807) is 24.3 Å². The maximum atomic E-state index is 12.2. The molecule has 0 fully saturated rings. The van der Waals surface area contributed by atoms with E-state index in [1.165, 1.54) is 24.3 Å². The molecule has 0 amide bonds. The molecule has 0 heterocycles. The summed E-state index contributed by atoms with van der Waals surface area (Å²) in [5.74, 6) is -2.38. The minimum atomic E-state index is -1.13. The Bertz CT molecular complexity index is 716. The Kier molecular flexibility index (Phi) is 4.68. The second-order valence-corrected chi connectivity index (χ2v) is 4.78. The fourth-order valence-corrected chi connectivity index (χ4v) is 2.12. The summed E-state index contributed by atoms with van der Waals surface area (Å²) in [5.41, 5.74) is 1.20. The van der Waals surface area contributed by atoms with Crippen molar-refractivity contribution in [3.05, 3.63) is 70.8 Å². The van der Waals surface area contributed by atoms with Crippen molar-refractivity contribution in [2.45, 2.75) is 12.8 Å². The quantitative estimate of drug-likeness (QED) is 0.800. The number of Topliss-reactive ketones (excluding diaryl/α,β-unsaturated/α-hetero) is 1. The van der Waals surface area contributed by atoms with Gasteiger partial charge in [0, 0.05) is 12.0 Å². The van der Waals surface area contributed by atoms with Gasteiger partial charge in [0.15, 0.2) is 5.78 Å². The summed E-state index contributed by atoms with van der Waals surface area (Å²) in [5, 5.41) is 17.9. The second kappa shape index (κ2) is 6.67. The van der Waals surface area contributed by atoms with E-state index in [0.29, 0.717) is 6.42 Å². The van der Waals surface area contributed by atoms with E-state index in [0.717, 1.165) is 5.56 Å². The summed E-state index contributed by atoms with van der Waals surface area (Å²) in [4.78, 5) is 34.0. The molecule has 2 aromatic carbocycles. The molecule has 0 radical (unpaired) electrons. The number of benzene rings is 2. The van der Waals surface area contributed by atoms with Gasteiger partial charge in [0.25, 0.3) is 0 Å². The highest BCUT2D eigenvalue weighted by atomic mass is 16.4. The first-order valence-electron chi connectivity index (χ1n) is 6.67. The van der Waals surface area contributed by atoms with Gasteiger partial charge in [-0.2, -0.15) is 0 Å². The molecule has 0 atom stereocenters. The lowest BCUT2D eigenvalue weighted by atomic mass is 9.98. The third-order valence-corrected chi connectivity index (χ3v) is 3.30. The van der Waals surface area contributed by atoms with Crippen molar-refractivity contribution in [3.8, 4) is 0 Å². The number of aryl methyl sites for hydroxylation is 1. The van der Waals surface area contributed by atoms with Crippen LogP contribution in [0.2, 0.25) is 0 Å². The number of aromatic carboxylic acids is 2. The minimum Gasteiger partial charge on any atom is -0.478 e. The Morgan fingerprint density at radius 2 is 1.36 bits per heavy atom. The van der Waals surface area contributed by atoms with Gasteiger partial charge in [0.1, 0.15) is 0 Å². The summed E-state index contributed by atoms with van der Waals surface area (Å²) >= 11 is 0. The smallest absolute Gasteiger partial charge is 0.336 e. The molecule has 0 aliphatic heterocycles. The number of hydrogen-bond acceptors (Lipinski definition) is 3. The molecular formula is C17H14O5. The number of rotatable bonds is 6. The van der Waals surface area contributed by atoms with E-state index in [9.17, 15) is 14.4 Å². The molecule has 0 unspecified atom stereocenters. The van der Waals surface area contributed by atoms with E-state index in [1.807, 2.05) is 0 Å². The van der Waals surface area contributed by atoms with Gasteiger partial charge in [-0.3, -0.25) is 4.79 Å². The summed E-state index contributed by atoms with van der Waals surface area (Å²) < 4.78 is 0. The largest absolute Gasteiger partial charge is 0.478 e. The molecule has 0 aromatic heterocycles. The molecule has 2 N–H and O–H groups in total. The first-order chi connectivity index (χ1) is 10.5. The average molecular weight is 298 g/mol. The van der Waals surface area contributed by atoms with E-state index in [-0.39, 0.29) is 28.9 Å². The monoisotopic (exact) mass is 298 g/mol. The van der Waals surface area contributed by atoms with Crippen LogP contribution >= 0.6 is 0 Å². The Labute approximate surface area is 126 Å². The summed E-state index contributed by atoms with van der Waals surface area (Å²) in [6, 6.07) is 12.4. The highest BCUT2D eigenvalue weighted by molar-refractivity contribution is 6.05. The van der Waals surface area contributed by atoms with Gasteiger partial charge in [-0.1, -0.05) is 30.3 Å². The van der Waals surface area contributed by atoms with Crippen LogP contribution in [-0.4, -0.2) is 27.9 Å². The second-order valence-electron chi connectivity index (χ2n) is 4.78. The van der Waals surface area contributed by atoms with Crippen molar-refractivity contribution < 1.29 is 24.6 Å². The maximum absolute atomic E-state index is 12.2. The maximum Gasteiger partial charge on any atom is 0.336 e. The van der Waals surface area contributed by atoms with E-state index in [4.69, 9.17) is 10.2 Å². The predicted octanol–water partition coefficient (Wildman–Crippen LogP) is 2.90. The Morgan fingerprint density at radius 3 is 1.91 bits per heavy atom. The molecule has 5 heteroatoms. The van der Waals surface area contributed by atoms with Gasteiger partial charge in [-0.25, -0.2) is 9.59 Å². The topological polar surface area (TPSA) is 91.7 Å². The Hall–Kier alpha value is -2.95. The number of carboxylic acids is 2. The molecule has 0 spiro atoms. The highest BCUT2D eigenvalue weighted by Crippen LogP contribution is 2.14. The summed E-state index contributed by atoms with van der Waals surface area (Å²) in [6.07, 6.45) is 0.587. The van der Waals surface area contributed by atoms with E-state index in [2.05, 4.69) is 0 Å². The lowest BCUT2D eigenvalue weighted by Crippen LogP contribution is -2.09. The number of carbonyl (C=O) groups excluding carboxylic acids is 1. The van der Waals surface area contributed by atoms with Crippen molar-refractivity contribution in [1.29, 1.82) is 0 Å². The van der Waals surface area contributed by atoms with Crippen LogP contribution in [0.3, 0.4) is 0 Å². The summed E-state index contributed by atoms with van der Waals surface area (Å²) in [6.45, 7) is 0. The number of hydrogen-bond donors (Lipinski definition) is 2. The van der Waals surface area contributed by atoms with Crippen molar-refractivity contribution >= 4 is 17.7 Å². The molecule has 22 heavy (non-hydrogen) atoms. The molecule has 5 nitrogen and oxygen atoms in total. The van der Waals surface area contributed by atoms with Crippen LogP contribution in [0.4, 0.5) is 0 Å². The molecule has 0 aliphatic carbocycles. The minimum absolute atomic E-state index is 0.00581. The highest BCUT2D eigenvalue weighted by Gasteiger charge is 2.15. The molecule has 0 bridgehead atoms. The average Bonchev–Trinajstić information content (AvgIpc) is 2.53. The van der Waals surface area contributed by atoms with Crippen molar-refractivity contribution in [2.24, 2.45) is 0 Å². The lowest BCUT2D eigenvalue weighted by Gasteiger charge is -2.05. The van der Waals surface area contributed by atoms with E-state index >= 15 is 0 Å². The zero-order chi connectivity index (χ0) is 16.1. The number of carboxylic acid groups (broad SMARTS) is 2. The SMILES string of the molecule is O=C(O)c1ccc(CCC(=O)c2ccccc2C(=O)O)cc1. The van der Waals surface area contributed by atoms with Crippen molar-refractivity contribution in [3.63, 3.8) is 0 Å². The first-order valence-corrected chi connectivity index (χ1v) is 6.67. The third kappa shape index (κ3) is 3.58. The van der Waals surface area contributed by atoms with Crippen LogP contribution in [0.1, 0.15) is 43.1 Å². The fraction of sp³-hybridized carbons (Fsp3) is 0.118. The van der Waals surface area contributed by atoms with Crippen LogP contribution in [0, 0.1) is 0 Å². The third-order valence-electron chi connectivity index (χ3n) is 3.30. The number of carbonyl (C=O) groups is 3. The zero-order valence-electron chi connectivity index (χ0n) is 11.7. The summed E-state index contributed by atoms with van der Waals surface area (Å²) in [7, 11) is 0. The molecule has 2 aromatic rings. The predicted molar refractivity (Wildman–Crippen MR) is 79.5 cm³/mol. The van der Waals surface area contributed by atoms with Crippen LogP contribution in [-0.2, 0) is 6.42 Å². The Morgan fingerprint density at radius 1 is 0.773 bits per heavy atom. The van der Waals surface area contributed by atoms with E-state index < -0.39 is 11.9 Å². The van der Waals surface area contributed by atoms with Crippen molar-refractivity contribution in [1.82, 2.24) is 0 Å². The van der Waals surface area contributed by atoms with Gasteiger partial charge < -0.3 is 10.2 Å². The lowest BCUT2D eigenvalue weighted by molar-refractivity contribution is 0.0684. The molecule has 0 saturated heterocycles. The molecule has 0 aliphatic rings. The van der Waals surface area contributed by atoms with Crippen LogP contribution < -0.4 is 0 Å². The normalized spacial score (nSPS) is 10.2. The first kappa shape index (κ1) is 15.4. The van der Waals surface area contributed by atoms with Crippen LogP contribution in [0.15, 0.2) is 48.5 Å². The van der Waals surface area contributed by atoms with Gasteiger partial charge >= 0.3 is 11.9 Å². The zero-order valence-corrected chi connectivity index (χ0v) is 11.7. The van der Waals surface area contributed by atoms with Crippen molar-refractivity contribution in [2.75, 3.05) is 0 Å². The van der Waals surface area contributed by atoms with Gasteiger partial charge in [-0.05, 0) is 30.2 Å². The van der Waals surface area contributed by atoms with Crippen LogP contribution in [0.25, 0.3) is 0 Å². The van der Waals surface area contributed by atoms with Gasteiger partial charge in [-0.15, -0.1) is 0 Å². The van der Waals surface area contributed by atoms with Crippen LogP contribution in [0.5, 0.6) is 0 Å². The molecule has 112 valence electrons. The molecular weight excluding hydrogens is 284 g/mol. The number of ketones is 1. The Balaban J connectivity index is 2.07. The molecule has 2 rings (SSSR count). The molecule has 0 saturated carbocycles. The standard InChI is InChI=1S/C17H14O5/c18-15(13-3-1-2-4-14(13)17(21)22)10-7-11-5-8-12(9-6-11)16(19)20/h1-6,8-9H,7,10H2,(H,19,20)(H,21,22). The van der Waals surface area contributed by atoms with Gasteiger partial charge in [0.2, 0.25) is 0 Å². The fourth-order valence-electron chi connectivity index (χ4n) is 2.12. The van der Waals surface area contributed by atoms with Gasteiger partial charge in [0.05, 0.1) is 11.1 Å².